The zero-order valence-electron chi connectivity index (χ0n) is 9.98. The van der Waals surface area contributed by atoms with Crippen molar-refractivity contribution in [3.63, 3.8) is 0 Å². The number of carbonyl (C=O) groups is 2. The number of carboxylic acids is 1. The molecule has 1 fully saturated rings. The first-order chi connectivity index (χ1) is 7.61. The maximum atomic E-state index is 12.1. The van der Waals surface area contributed by atoms with E-state index < -0.39 is 12.0 Å². The number of urea groups is 1. The van der Waals surface area contributed by atoms with Gasteiger partial charge in [0, 0.05) is 19.6 Å². The standard InChI is InChI=1S/C11H20N2O3/c1-3-12(4-2)11(16)13-8-6-5-7-9(13)10(14)15/h9H,3-8H2,1-2H3,(H,14,15)/t9-/m0/s1. The van der Waals surface area contributed by atoms with Crippen LogP contribution in [0.3, 0.4) is 0 Å². The molecule has 5 heteroatoms. The van der Waals surface area contributed by atoms with E-state index in [1.54, 1.807) is 4.90 Å². The van der Waals surface area contributed by atoms with E-state index in [9.17, 15) is 9.59 Å². The number of hydrogen-bond acceptors (Lipinski definition) is 2. The summed E-state index contributed by atoms with van der Waals surface area (Å²) in [5.74, 6) is -0.889. The molecule has 1 N–H and O–H groups in total. The van der Waals surface area contributed by atoms with Crippen molar-refractivity contribution in [1.29, 1.82) is 0 Å². The van der Waals surface area contributed by atoms with Crippen molar-refractivity contribution >= 4 is 12.0 Å². The van der Waals surface area contributed by atoms with Gasteiger partial charge in [-0.1, -0.05) is 0 Å². The summed E-state index contributed by atoms with van der Waals surface area (Å²) in [5.41, 5.74) is 0. The Labute approximate surface area is 96.0 Å². The third-order valence-electron chi connectivity index (χ3n) is 3.07. The number of amides is 2. The molecule has 0 aromatic rings. The lowest BCUT2D eigenvalue weighted by atomic mass is 10.0. The molecular weight excluding hydrogens is 208 g/mol. The molecule has 0 bridgehead atoms. The van der Waals surface area contributed by atoms with Gasteiger partial charge in [0.25, 0.3) is 0 Å². The van der Waals surface area contributed by atoms with E-state index in [2.05, 4.69) is 0 Å². The molecule has 1 atom stereocenters. The highest BCUT2D eigenvalue weighted by atomic mass is 16.4. The Bertz CT molecular complexity index is 264. The lowest BCUT2D eigenvalue weighted by Gasteiger charge is -2.36. The molecule has 5 nitrogen and oxygen atoms in total. The fraction of sp³-hybridized carbons (Fsp3) is 0.818. The van der Waals surface area contributed by atoms with Gasteiger partial charge in [-0.2, -0.15) is 0 Å². The van der Waals surface area contributed by atoms with Crippen LogP contribution in [0.1, 0.15) is 33.1 Å². The van der Waals surface area contributed by atoms with E-state index in [0.717, 1.165) is 12.8 Å². The third-order valence-corrected chi connectivity index (χ3v) is 3.07. The summed E-state index contributed by atoms with van der Waals surface area (Å²) < 4.78 is 0. The fourth-order valence-corrected chi connectivity index (χ4v) is 2.09. The highest BCUT2D eigenvalue weighted by molar-refractivity contribution is 5.82. The zero-order valence-corrected chi connectivity index (χ0v) is 9.98. The van der Waals surface area contributed by atoms with Crippen LogP contribution in [-0.4, -0.2) is 52.6 Å². The lowest BCUT2D eigenvalue weighted by Crippen LogP contribution is -2.53. The molecule has 0 aromatic heterocycles. The number of nitrogens with zero attached hydrogens (tertiary/aromatic N) is 2. The van der Waals surface area contributed by atoms with Gasteiger partial charge in [-0.05, 0) is 33.1 Å². The second kappa shape index (κ2) is 5.72. The van der Waals surface area contributed by atoms with Crippen molar-refractivity contribution in [1.82, 2.24) is 9.80 Å². The van der Waals surface area contributed by atoms with Crippen LogP contribution in [-0.2, 0) is 4.79 Å². The monoisotopic (exact) mass is 228 g/mol. The number of likely N-dealkylation sites (tertiary alicyclic amines) is 1. The summed E-state index contributed by atoms with van der Waals surface area (Å²) in [6, 6.07) is -0.779. The summed E-state index contributed by atoms with van der Waals surface area (Å²) in [6.07, 6.45) is 2.36. The minimum absolute atomic E-state index is 0.142. The van der Waals surface area contributed by atoms with Crippen molar-refractivity contribution in [2.24, 2.45) is 0 Å². The molecule has 1 saturated heterocycles. The molecule has 1 aliphatic rings. The van der Waals surface area contributed by atoms with E-state index in [0.29, 0.717) is 26.1 Å². The zero-order chi connectivity index (χ0) is 12.1. The number of hydrogen-bond donors (Lipinski definition) is 1. The molecule has 1 heterocycles. The molecule has 0 spiro atoms. The van der Waals surface area contributed by atoms with Crippen LogP contribution in [0, 0.1) is 0 Å². The van der Waals surface area contributed by atoms with Gasteiger partial charge >= 0.3 is 12.0 Å². The maximum absolute atomic E-state index is 12.1. The summed E-state index contributed by atoms with van der Waals surface area (Å²) in [4.78, 5) is 26.3. The number of rotatable bonds is 3. The Kier molecular flexibility index (Phi) is 4.58. The number of aliphatic carboxylic acids is 1. The lowest BCUT2D eigenvalue weighted by molar-refractivity contribution is -0.143. The third kappa shape index (κ3) is 2.65. The molecule has 0 unspecified atom stereocenters. The largest absolute Gasteiger partial charge is 0.480 e. The molecule has 92 valence electrons. The Hall–Kier alpha value is -1.26. The van der Waals surface area contributed by atoms with Gasteiger partial charge in [-0.15, -0.1) is 0 Å². The SMILES string of the molecule is CCN(CC)C(=O)N1CCCC[C@H]1C(=O)O. The van der Waals surface area contributed by atoms with E-state index in [1.807, 2.05) is 13.8 Å². The van der Waals surface area contributed by atoms with E-state index in [-0.39, 0.29) is 6.03 Å². The highest BCUT2D eigenvalue weighted by Gasteiger charge is 2.33. The Balaban J connectivity index is 2.74. The highest BCUT2D eigenvalue weighted by Crippen LogP contribution is 2.18. The van der Waals surface area contributed by atoms with E-state index in [4.69, 9.17) is 5.11 Å². The first-order valence-corrected chi connectivity index (χ1v) is 5.90. The number of carboxylic acid groups (broad SMARTS) is 1. The van der Waals surface area contributed by atoms with Gasteiger partial charge in [0.15, 0.2) is 0 Å². The molecule has 2 amide bonds. The van der Waals surface area contributed by atoms with Gasteiger partial charge in [-0.3, -0.25) is 0 Å². The van der Waals surface area contributed by atoms with Crippen molar-refractivity contribution in [2.75, 3.05) is 19.6 Å². The normalized spacial score (nSPS) is 20.6. The predicted molar refractivity (Wildman–Crippen MR) is 60.3 cm³/mol. The first kappa shape index (κ1) is 12.8. The average molecular weight is 228 g/mol. The van der Waals surface area contributed by atoms with E-state index in [1.165, 1.54) is 4.90 Å². The molecular formula is C11H20N2O3. The Morgan fingerprint density at radius 1 is 1.31 bits per heavy atom. The molecule has 16 heavy (non-hydrogen) atoms. The average Bonchev–Trinajstić information content (AvgIpc) is 2.30. The van der Waals surface area contributed by atoms with Crippen molar-refractivity contribution in [3.8, 4) is 0 Å². The second-order valence-electron chi connectivity index (χ2n) is 4.00. The molecule has 1 rings (SSSR count). The van der Waals surface area contributed by atoms with Crippen LogP contribution in [0.25, 0.3) is 0 Å². The fourth-order valence-electron chi connectivity index (χ4n) is 2.09. The molecule has 0 aromatic carbocycles. The van der Waals surface area contributed by atoms with Crippen LogP contribution in [0.4, 0.5) is 4.79 Å². The van der Waals surface area contributed by atoms with Crippen LogP contribution >= 0.6 is 0 Å². The smallest absolute Gasteiger partial charge is 0.326 e. The molecule has 1 aliphatic heterocycles. The quantitative estimate of drug-likeness (QED) is 0.794. The van der Waals surface area contributed by atoms with Crippen LogP contribution in [0.2, 0.25) is 0 Å². The second-order valence-corrected chi connectivity index (χ2v) is 4.00. The minimum Gasteiger partial charge on any atom is -0.480 e. The van der Waals surface area contributed by atoms with E-state index >= 15 is 0 Å². The number of piperidine rings is 1. The van der Waals surface area contributed by atoms with Gasteiger partial charge in [0.1, 0.15) is 6.04 Å². The summed E-state index contributed by atoms with van der Waals surface area (Å²) in [7, 11) is 0. The Morgan fingerprint density at radius 3 is 2.44 bits per heavy atom. The van der Waals surface area contributed by atoms with Gasteiger partial charge in [0.05, 0.1) is 0 Å². The van der Waals surface area contributed by atoms with Crippen molar-refractivity contribution in [2.45, 2.75) is 39.2 Å². The minimum atomic E-state index is -0.889. The van der Waals surface area contributed by atoms with Gasteiger partial charge < -0.3 is 14.9 Å². The first-order valence-electron chi connectivity index (χ1n) is 5.90. The van der Waals surface area contributed by atoms with Gasteiger partial charge in [-0.25, -0.2) is 9.59 Å². The van der Waals surface area contributed by atoms with Crippen LogP contribution in [0.15, 0.2) is 0 Å². The Morgan fingerprint density at radius 2 is 1.94 bits per heavy atom. The van der Waals surface area contributed by atoms with Crippen molar-refractivity contribution in [3.05, 3.63) is 0 Å². The maximum Gasteiger partial charge on any atom is 0.326 e. The summed E-state index contributed by atoms with van der Waals surface area (Å²) >= 11 is 0. The molecule has 0 saturated carbocycles. The van der Waals surface area contributed by atoms with Crippen molar-refractivity contribution < 1.29 is 14.7 Å². The molecule has 0 radical (unpaired) electrons. The number of carbonyl (C=O) groups excluding carboxylic acids is 1. The summed E-state index contributed by atoms with van der Waals surface area (Å²) in [6.45, 7) is 5.62. The van der Waals surface area contributed by atoms with Crippen LogP contribution in [0.5, 0.6) is 0 Å². The van der Waals surface area contributed by atoms with Gasteiger partial charge in [0.2, 0.25) is 0 Å². The topological polar surface area (TPSA) is 60.9 Å². The van der Waals surface area contributed by atoms with Crippen LogP contribution < -0.4 is 0 Å². The molecule has 0 aliphatic carbocycles. The predicted octanol–water partition coefficient (Wildman–Crippen LogP) is 1.39. The summed E-state index contributed by atoms with van der Waals surface area (Å²) in [5, 5.41) is 9.07.